The zero-order valence-electron chi connectivity index (χ0n) is 10.9. The Kier molecular flexibility index (Phi) is 7.09. The fourth-order valence-corrected chi connectivity index (χ4v) is 2.25. The molecule has 102 valence electrons. The van der Waals surface area contributed by atoms with Crippen LogP contribution < -0.4 is 15.4 Å². The van der Waals surface area contributed by atoms with Crippen molar-refractivity contribution in [2.24, 2.45) is 5.92 Å². The van der Waals surface area contributed by atoms with Crippen LogP contribution >= 0.6 is 12.4 Å². The van der Waals surface area contributed by atoms with Gasteiger partial charge in [-0.15, -0.1) is 12.4 Å². The van der Waals surface area contributed by atoms with Crippen LogP contribution in [0, 0.1) is 5.92 Å². The summed E-state index contributed by atoms with van der Waals surface area (Å²) in [4.78, 5) is 0. The van der Waals surface area contributed by atoms with Gasteiger partial charge in [-0.25, -0.2) is 0 Å². The summed E-state index contributed by atoms with van der Waals surface area (Å²) in [6, 6.07) is 8.27. The molecule has 4 heteroatoms. The van der Waals surface area contributed by atoms with Gasteiger partial charge >= 0.3 is 0 Å². The molecule has 1 aliphatic heterocycles. The van der Waals surface area contributed by atoms with E-state index in [2.05, 4.69) is 22.8 Å². The molecule has 0 aliphatic carbocycles. The maximum absolute atomic E-state index is 5.14. The zero-order chi connectivity index (χ0) is 11.9. The molecular formula is C14H23ClN2O. The molecule has 0 saturated carbocycles. The van der Waals surface area contributed by atoms with Crippen molar-refractivity contribution in [1.29, 1.82) is 0 Å². The third kappa shape index (κ3) is 4.84. The second-order valence-electron chi connectivity index (χ2n) is 4.67. The quantitative estimate of drug-likeness (QED) is 0.861. The highest BCUT2D eigenvalue weighted by molar-refractivity contribution is 5.85. The lowest BCUT2D eigenvalue weighted by Gasteiger charge is -2.22. The minimum absolute atomic E-state index is 0. The third-order valence-corrected chi connectivity index (χ3v) is 3.38. The number of methoxy groups -OCH3 is 1. The number of piperidine rings is 1. The standard InChI is InChI=1S/C14H22N2O.ClH/c1-17-14-4-2-12(3-5-14)10-16-11-13-6-8-15-9-7-13;/h2-5,13,15-16H,6-11H2,1H3;1H. The molecule has 0 amide bonds. The highest BCUT2D eigenvalue weighted by atomic mass is 35.5. The second kappa shape index (κ2) is 8.35. The van der Waals surface area contributed by atoms with Gasteiger partial charge in [0.05, 0.1) is 7.11 Å². The molecule has 0 aromatic heterocycles. The maximum atomic E-state index is 5.14. The summed E-state index contributed by atoms with van der Waals surface area (Å²) >= 11 is 0. The van der Waals surface area contributed by atoms with Gasteiger partial charge in [0.2, 0.25) is 0 Å². The molecule has 0 bridgehead atoms. The van der Waals surface area contributed by atoms with Crippen LogP contribution in [0.2, 0.25) is 0 Å². The lowest BCUT2D eigenvalue weighted by molar-refractivity contribution is 0.356. The molecule has 1 fully saturated rings. The summed E-state index contributed by atoms with van der Waals surface area (Å²) in [6.45, 7) is 4.44. The van der Waals surface area contributed by atoms with Gasteiger partial charge in [-0.05, 0) is 56.1 Å². The molecule has 3 nitrogen and oxygen atoms in total. The summed E-state index contributed by atoms with van der Waals surface area (Å²) in [5, 5.41) is 6.93. The topological polar surface area (TPSA) is 33.3 Å². The van der Waals surface area contributed by atoms with E-state index in [1.54, 1.807) is 7.11 Å². The van der Waals surface area contributed by atoms with Crippen LogP contribution in [0.15, 0.2) is 24.3 Å². The third-order valence-electron chi connectivity index (χ3n) is 3.38. The molecule has 1 heterocycles. The summed E-state index contributed by atoms with van der Waals surface area (Å²) in [7, 11) is 1.70. The Morgan fingerprint density at radius 3 is 2.50 bits per heavy atom. The van der Waals surface area contributed by atoms with Gasteiger partial charge in [-0.2, -0.15) is 0 Å². The molecule has 1 aliphatic rings. The van der Waals surface area contributed by atoms with Crippen LogP contribution in [0.4, 0.5) is 0 Å². The minimum atomic E-state index is 0. The van der Waals surface area contributed by atoms with E-state index in [0.717, 1.165) is 24.8 Å². The van der Waals surface area contributed by atoms with Crippen molar-refractivity contribution < 1.29 is 4.74 Å². The molecule has 1 aromatic carbocycles. The molecule has 1 saturated heterocycles. The molecular weight excluding hydrogens is 248 g/mol. The van der Waals surface area contributed by atoms with Gasteiger partial charge in [-0.3, -0.25) is 0 Å². The van der Waals surface area contributed by atoms with E-state index in [1.165, 1.54) is 31.5 Å². The van der Waals surface area contributed by atoms with E-state index in [1.807, 2.05) is 12.1 Å². The average molecular weight is 271 g/mol. The number of nitrogens with one attached hydrogen (secondary N) is 2. The Morgan fingerprint density at radius 1 is 1.22 bits per heavy atom. The lowest BCUT2D eigenvalue weighted by atomic mass is 9.98. The van der Waals surface area contributed by atoms with E-state index in [0.29, 0.717) is 0 Å². The maximum Gasteiger partial charge on any atom is 0.118 e. The van der Waals surface area contributed by atoms with Crippen LogP contribution in [-0.4, -0.2) is 26.7 Å². The predicted octanol–water partition coefficient (Wildman–Crippen LogP) is 2.21. The summed E-state index contributed by atoms with van der Waals surface area (Å²) < 4.78 is 5.14. The van der Waals surface area contributed by atoms with Gasteiger partial charge in [0, 0.05) is 6.54 Å². The van der Waals surface area contributed by atoms with E-state index in [9.17, 15) is 0 Å². The molecule has 1 aromatic rings. The summed E-state index contributed by atoms with van der Waals surface area (Å²) in [5.41, 5.74) is 1.32. The van der Waals surface area contributed by atoms with Gasteiger partial charge in [-0.1, -0.05) is 12.1 Å². The highest BCUT2D eigenvalue weighted by Crippen LogP contribution is 2.12. The number of ether oxygens (including phenoxy) is 1. The smallest absolute Gasteiger partial charge is 0.118 e. The van der Waals surface area contributed by atoms with Crippen molar-refractivity contribution in [2.75, 3.05) is 26.7 Å². The van der Waals surface area contributed by atoms with Crippen LogP contribution in [0.5, 0.6) is 5.75 Å². The molecule has 18 heavy (non-hydrogen) atoms. The Bertz CT molecular complexity index is 323. The summed E-state index contributed by atoms with van der Waals surface area (Å²) in [6.07, 6.45) is 2.60. The minimum Gasteiger partial charge on any atom is -0.497 e. The first kappa shape index (κ1) is 15.3. The van der Waals surface area contributed by atoms with Gasteiger partial charge in [0.15, 0.2) is 0 Å². The van der Waals surface area contributed by atoms with E-state index in [-0.39, 0.29) is 12.4 Å². The van der Waals surface area contributed by atoms with Gasteiger partial charge in [0.1, 0.15) is 5.75 Å². The van der Waals surface area contributed by atoms with Crippen LogP contribution in [0.1, 0.15) is 18.4 Å². The molecule has 0 unspecified atom stereocenters. The van der Waals surface area contributed by atoms with Crippen molar-refractivity contribution >= 4 is 12.4 Å². The molecule has 0 atom stereocenters. The second-order valence-corrected chi connectivity index (χ2v) is 4.67. The van der Waals surface area contributed by atoms with E-state index >= 15 is 0 Å². The Morgan fingerprint density at radius 2 is 1.89 bits per heavy atom. The number of benzene rings is 1. The predicted molar refractivity (Wildman–Crippen MR) is 77.5 cm³/mol. The molecule has 0 radical (unpaired) electrons. The largest absolute Gasteiger partial charge is 0.497 e. The zero-order valence-corrected chi connectivity index (χ0v) is 11.8. The fourth-order valence-electron chi connectivity index (χ4n) is 2.25. The van der Waals surface area contributed by atoms with E-state index < -0.39 is 0 Å². The monoisotopic (exact) mass is 270 g/mol. The number of rotatable bonds is 5. The average Bonchev–Trinajstić information content (AvgIpc) is 2.41. The van der Waals surface area contributed by atoms with Crippen molar-refractivity contribution in [2.45, 2.75) is 19.4 Å². The van der Waals surface area contributed by atoms with Crippen molar-refractivity contribution in [3.63, 3.8) is 0 Å². The Labute approximate surface area is 116 Å². The first-order valence-corrected chi connectivity index (χ1v) is 6.43. The Hall–Kier alpha value is -0.770. The molecule has 0 spiro atoms. The van der Waals surface area contributed by atoms with Crippen molar-refractivity contribution in [3.05, 3.63) is 29.8 Å². The van der Waals surface area contributed by atoms with Crippen molar-refractivity contribution in [3.8, 4) is 5.75 Å². The van der Waals surface area contributed by atoms with Gasteiger partial charge in [0.25, 0.3) is 0 Å². The SMILES string of the molecule is COc1ccc(CNCC2CCNCC2)cc1.Cl. The normalized spacial score (nSPS) is 16.1. The summed E-state index contributed by atoms with van der Waals surface area (Å²) in [5.74, 6) is 1.77. The van der Waals surface area contributed by atoms with Crippen LogP contribution in [0.3, 0.4) is 0 Å². The molecule has 2 N–H and O–H groups in total. The van der Waals surface area contributed by atoms with Crippen LogP contribution in [0.25, 0.3) is 0 Å². The number of hydrogen-bond donors (Lipinski definition) is 2. The van der Waals surface area contributed by atoms with Gasteiger partial charge < -0.3 is 15.4 Å². The lowest BCUT2D eigenvalue weighted by Crippen LogP contribution is -2.33. The Balaban J connectivity index is 0.00000162. The fraction of sp³-hybridized carbons (Fsp3) is 0.571. The molecule has 2 rings (SSSR count). The first-order chi connectivity index (χ1) is 8.38. The first-order valence-electron chi connectivity index (χ1n) is 6.43. The number of halogens is 1. The van der Waals surface area contributed by atoms with Crippen LogP contribution in [-0.2, 0) is 6.54 Å². The van der Waals surface area contributed by atoms with Crippen molar-refractivity contribution in [1.82, 2.24) is 10.6 Å². The highest BCUT2D eigenvalue weighted by Gasteiger charge is 2.11. The van der Waals surface area contributed by atoms with E-state index in [4.69, 9.17) is 4.74 Å². The number of hydrogen-bond acceptors (Lipinski definition) is 3.